The van der Waals surface area contributed by atoms with Crippen molar-refractivity contribution in [3.05, 3.63) is 47.3 Å². The van der Waals surface area contributed by atoms with Gasteiger partial charge in [-0.2, -0.15) is 0 Å². The number of carbonyl (C=O) groups is 1. The number of aromatic nitrogens is 1. The highest BCUT2D eigenvalue weighted by Gasteiger charge is 2.17. The summed E-state index contributed by atoms with van der Waals surface area (Å²) in [5, 5.41) is 11.3. The Morgan fingerprint density at radius 3 is 2.43 bits per heavy atom. The van der Waals surface area contributed by atoms with Crippen molar-refractivity contribution in [1.82, 2.24) is 10.5 Å². The maximum absolute atomic E-state index is 12.0. The molecule has 1 aromatic carbocycles. The average molecular weight is 309 g/mol. The smallest absolute Gasteiger partial charge is 0.290 e. The fraction of sp³-hybridized carbons (Fsp3) is 0.231. The summed E-state index contributed by atoms with van der Waals surface area (Å²) >= 11 is 0. The molecule has 0 saturated carbocycles. The summed E-state index contributed by atoms with van der Waals surface area (Å²) < 4.78 is 27.2. The predicted molar refractivity (Wildman–Crippen MR) is 74.9 cm³/mol. The number of hydrogen-bond acceptors (Lipinski definition) is 5. The second kappa shape index (κ2) is 5.66. The number of amides is 1. The van der Waals surface area contributed by atoms with Gasteiger partial charge in [-0.1, -0.05) is 17.3 Å². The Hall–Kier alpha value is -2.19. The summed E-state index contributed by atoms with van der Waals surface area (Å²) in [7, 11) is -3.72. The molecule has 0 spiro atoms. The van der Waals surface area contributed by atoms with Crippen LogP contribution in [0, 0.1) is 6.92 Å². The van der Waals surface area contributed by atoms with E-state index in [1.54, 1.807) is 26.0 Å². The average Bonchev–Trinajstić information content (AvgIpc) is 2.84. The summed E-state index contributed by atoms with van der Waals surface area (Å²) in [6.07, 6.45) is 1.46. The second-order valence-electron chi connectivity index (χ2n) is 4.65. The van der Waals surface area contributed by atoms with E-state index in [1.807, 2.05) is 0 Å². The summed E-state index contributed by atoms with van der Waals surface area (Å²) in [6, 6.07) is 5.66. The lowest BCUT2D eigenvalue weighted by atomic mass is 10.1. The molecule has 112 valence electrons. The number of primary sulfonamides is 1. The van der Waals surface area contributed by atoms with Crippen molar-refractivity contribution in [2.75, 3.05) is 0 Å². The molecule has 0 saturated heterocycles. The largest absolute Gasteiger partial charge is 0.351 e. The number of rotatable bonds is 4. The van der Waals surface area contributed by atoms with Crippen LogP contribution in [0.15, 0.2) is 39.9 Å². The van der Waals surface area contributed by atoms with Gasteiger partial charge in [0.25, 0.3) is 5.91 Å². The summed E-state index contributed by atoms with van der Waals surface area (Å²) in [4.78, 5) is 12.0. The molecule has 0 aliphatic carbocycles. The molecule has 0 aliphatic heterocycles. The number of nitrogens with two attached hydrogens (primary N) is 1. The molecule has 0 bridgehead atoms. The minimum atomic E-state index is -3.72. The van der Waals surface area contributed by atoms with Gasteiger partial charge in [0.05, 0.1) is 17.1 Å². The van der Waals surface area contributed by atoms with E-state index >= 15 is 0 Å². The Bertz CT molecular complexity index is 750. The molecule has 1 atom stereocenters. The topological polar surface area (TPSA) is 115 Å². The lowest BCUT2D eigenvalue weighted by molar-refractivity contribution is 0.0901. The monoisotopic (exact) mass is 309 g/mol. The Labute approximate surface area is 122 Å². The number of sulfonamides is 1. The maximum atomic E-state index is 12.0. The van der Waals surface area contributed by atoms with Gasteiger partial charge in [0.1, 0.15) is 0 Å². The lowest BCUT2D eigenvalue weighted by Crippen LogP contribution is -2.26. The van der Waals surface area contributed by atoms with Gasteiger partial charge in [-0.05, 0) is 31.5 Å². The Morgan fingerprint density at radius 1 is 1.33 bits per heavy atom. The van der Waals surface area contributed by atoms with Gasteiger partial charge in [-0.25, -0.2) is 13.6 Å². The van der Waals surface area contributed by atoms with Crippen LogP contribution in [0.3, 0.4) is 0 Å². The minimum Gasteiger partial charge on any atom is -0.351 e. The molecule has 2 aromatic rings. The van der Waals surface area contributed by atoms with Crippen molar-refractivity contribution in [3.63, 3.8) is 0 Å². The van der Waals surface area contributed by atoms with E-state index < -0.39 is 10.0 Å². The predicted octanol–water partition coefficient (Wildman–Crippen LogP) is 1.12. The number of aryl methyl sites for hydroxylation is 1. The van der Waals surface area contributed by atoms with Crippen LogP contribution in [-0.4, -0.2) is 19.5 Å². The van der Waals surface area contributed by atoms with E-state index in [1.165, 1.54) is 18.3 Å². The van der Waals surface area contributed by atoms with Crippen LogP contribution < -0.4 is 10.5 Å². The summed E-state index contributed by atoms with van der Waals surface area (Å²) in [6.45, 7) is 3.49. The first-order chi connectivity index (χ1) is 9.79. The van der Waals surface area contributed by atoms with Gasteiger partial charge in [0.2, 0.25) is 15.8 Å². The molecular formula is C13H15N3O4S. The number of nitrogens with one attached hydrogen (secondary N) is 1. The van der Waals surface area contributed by atoms with Crippen LogP contribution in [0.5, 0.6) is 0 Å². The third kappa shape index (κ3) is 3.47. The van der Waals surface area contributed by atoms with Crippen LogP contribution in [0.25, 0.3) is 0 Å². The number of nitrogens with zero attached hydrogens (tertiary/aromatic N) is 1. The molecule has 0 aliphatic rings. The van der Waals surface area contributed by atoms with Crippen molar-refractivity contribution in [1.29, 1.82) is 0 Å². The Kier molecular flexibility index (Phi) is 4.10. The third-order valence-electron chi connectivity index (χ3n) is 3.01. The van der Waals surface area contributed by atoms with Crippen molar-refractivity contribution >= 4 is 15.9 Å². The zero-order chi connectivity index (χ0) is 15.6. The van der Waals surface area contributed by atoms with E-state index in [-0.39, 0.29) is 22.6 Å². The molecule has 21 heavy (non-hydrogen) atoms. The van der Waals surface area contributed by atoms with Crippen LogP contribution in [0.4, 0.5) is 0 Å². The van der Waals surface area contributed by atoms with E-state index in [0.717, 1.165) is 5.56 Å². The molecule has 1 aromatic heterocycles. The highest BCUT2D eigenvalue weighted by molar-refractivity contribution is 7.89. The fourth-order valence-electron chi connectivity index (χ4n) is 1.80. The zero-order valence-electron chi connectivity index (χ0n) is 11.5. The van der Waals surface area contributed by atoms with Crippen LogP contribution in [-0.2, 0) is 10.0 Å². The highest BCUT2D eigenvalue weighted by atomic mass is 32.2. The quantitative estimate of drug-likeness (QED) is 0.878. The van der Waals surface area contributed by atoms with Crippen molar-refractivity contribution < 1.29 is 17.7 Å². The van der Waals surface area contributed by atoms with Crippen molar-refractivity contribution in [2.24, 2.45) is 5.14 Å². The van der Waals surface area contributed by atoms with Crippen LogP contribution >= 0.6 is 0 Å². The van der Waals surface area contributed by atoms with Crippen LogP contribution in [0.2, 0.25) is 0 Å². The minimum absolute atomic E-state index is 0.0239. The normalized spacial score (nSPS) is 12.9. The Morgan fingerprint density at radius 2 is 1.95 bits per heavy atom. The van der Waals surface area contributed by atoms with Crippen molar-refractivity contribution in [3.8, 4) is 0 Å². The Balaban J connectivity index is 2.12. The first kappa shape index (κ1) is 15.2. The molecule has 2 rings (SSSR count). The van der Waals surface area contributed by atoms with Gasteiger partial charge < -0.3 is 9.84 Å². The van der Waals surface area contributed by atoms with Crippen LogP contribution in [0.1, 0.15) is 34.6 Å². The van der Waals surface area contributed by atoms with Gasteiger partial charge in [-0.3, -0.25) is 4.79 Å². The second-order valence-corrected chi connectivity index (χ2v) is 6.21. The van der Waals surface area contributed by atoms with E-state index in [2.05, 4.69) is 10.5 Å². The third-order valence-corrected chi connectivity index (χ3v) is 3.94. The van der Waals surface area contributed by atoms with E-state index in [9.17, 15) is 13.2 Å². The number of benzene rings is 1. The van der Waals surface area contributed by atoms with E-state index in [4.69, 9.17) is 9.66 Å². The molecular weight excluding hydrogens is 294 g/mol. The molecule has 1 unspecified atom stereocenters. The van der Waals surface area contributed by atoms with Gasteiger partial charge in [0, 0.05) is 5.56 Å². The fourth-order valence-corrected chi connectivity index (χ4v) is 2.32. The highest BCUT2D eigenvalue weighted by Crippen LogP contribution is 2.16. The molecule has 3 N–H and O–H groups in total. The molecule has 0 radical (unpaired) electrons. The first-order valence-electron chi connectivity index (χ1n) is 6.14. The van der Waals surface area contributed by atoms with E-state index in [0.29, 0.717) is 5.56 Å². The standard InChI is InChI=1S/C13H15N3O4S/c1-8-7-15-20-12(8)13(17)16-9(2)10-3-5-11(6-4-10)21(14,18)19/h3-7,9H,1-2H3,(H,16,17)(H2,14,18,19). The molecule has 1 heterocycles. The number of hydrogen-bond donors (Lipinski definition) is 2. The first-order valence-corrected chi connectivity index (χ1v) is 7.68. The van der Waals surface area contributed by atoms with Crippen molar-refractivity contribution in [2.45, 2.75) is 24.8 Å². The molecule has 8 heteroatoms. The summed E-state index contributed by atoms with van der Waals surface area (Å²) in [5.74, 6) is -0.226. The van der Waals surface area contributed by atoms with Gasteiger partial charge in [0.15, 0.2) is 0 Å². The summed E-state index contributed by atoms with van der Waals surface area (Å²) in [5.41, 5.74) is 1.39. The molecule has 0 fully saturated rings. The molecule has 1 amide bonds. The molecule has 7 nitrogen and oxygen atoms in total. The van der Waals surface area contributed by atoms with Gasteiger partial charge >= 0.3 is 0 Å². The van der Waals surface area contributed by atoms with Gasteiger partial charge in [-0.15, -0.1) is 0 Å². The SMILES string of the molecule is Cc1cnoc1C(=O)NC(C)c1ccc(S(N)(=O)=O)cc1. The maximum Gasteiger partial charge on any atom is 0.290 e. The zero-order valence-corrected chi connectivity index (χ0v) is 12.3. The lowest BCUT2D eigenvalue weighted by Gasteiger charge is -2.13. The number of carbonyl (C=O) groups excluding carboxylic acids is 1.